The first kappa shape index (κ1) is 20.9. The molecule has 2 N–H and O–H groups in total. The van der Waals surface area contributed by atoms with Gasteiger partial charge >= 0.3 is 0 Å². The normalized spacial score (nSPS) is 15.8. The van der Waals surface area contributed by atoms with Crippen LogP contribution in [0.15, 0.2) is 29.1 Å². The fourth-order valence-electron chi connectivity index (χ4n) is 3.91. The molecule has 1 unspecified atom stereocenters. The summed E-state index contributed by atoms with van der Waals surface area (Å²) < 4.78 is 2.05. The highest BCUT2D eigenvalue weighted by Gasteiger charge is 2.20. The summed E-state index contributed by atoms with van der Waals surface area (Å²) in [5.41, 5.74) is 1.86. The van der Waals surface area contributed by atoms with Gasteiger partial charge in [-0.05, 0) is 62.4 Å². The molecule has 2 heterocycles. The van der Waals surface area contributed by atoms with E-state index >= 15 is 0 Å². The van der Waals surface area contributed by atoms with Crippen molar-refractivity contribution in [3.05, 3.63) is 50.0 Å². The molecule has 6 nitrogen and oxygen atoms in total. The van der Waals surface area contributed by atoms with Crippen LogP contribution in [0.5, 0.6) is 0 Å². The van der Waals surface area contributed by atoms with Gasteiger partial charge in [0.2, 0.25) is 5.91 Å². The van der Waals surface area contributed by atoms with Crippen LogP contribution in [-0.2, 0) is 24.2 Å². The highest BCUT2D eigenvalue weighted by atomic mass is 32.1. The van der Waals surface area contributed by atoms with Crippen LogP contribution in [0.25, 0.3) is 10.9 Å². The van der Waals surface area contributed by atoms with Gasteiger partial charge in [0, 0.05) is 17.8 Å². The number of carbonyl (C=O) groups excluding carboxylic acids is 1. The molecular weight excluding hydrogens is 416 g/mol. The molecule has 1 aliphatic carbocycles. The van der Waals surface area contributed by atoms with Crippen molar-refractivity contribution in [2.75, 3.05) is 5.32 Å². The molecule has 8 heteroatoms. The number of nitrogens with zero attached hydrogens (tertiary/aromatic N) is 2. The second-order valence-electron chi connectivity index (χ2n) is 8.03. The maximum atomic E-state index is 12.6. The Labute approximate surface area is 184 Å². The van der Waals surface area contributed by atoms with Crippen LogP contribution < -0.4 is 10.9 Å². The number of rotatable bonds is 7. The predicted molar refractivity (Wildman–Crippen MR) is 124 cm³/mol. The average Bonchev–Trinajstić information content (AvgIpc) is 3.11. The van der Waals surface area contributed by atoms with Gasteiger partial charge in [0.25, 0.3) is 5.56 Å². The number of benzene rings is 1. The molecule has 0 radical (unpaired) electrons. The van der Waals surface area contributed by atoms with Crippen LogP contribution in [0, 0.1) is 10.7 Å². The van der Waals surface area contributed by atoms with E-state index in [1.165, 1.54) is 11.3 Å². The van der Waals surface area contributed by atoms with E-state index in [-0.39, 0.29) is 11.5 Å². The van der Waals surface area contributed by atoms with Crippen molar-refractivity contribution in [2.45, 2.75) is 58.4 Å². The number of para-hydroxylation sites is 1. The SMILES string of the molecule is CC1CCc2nc(NC(=O)CCCCCn3c(=S)[nH]c4ccccc4c3=O)sc2C1. The summed E-state index contributed by atoms with van der Waals surface area (Å²) in [4.78, 5) is 33.9. The molecular formula is C22H26N4O2S2. The Bertz CT molecular complexity index is 1180. The van der Waals surface area contributed by atoms with Crippen molar-refractivity contribution in [2.24, 2.45) is 5.92 Å². The van der Waals surface area contributed by atoms with Gasteiger partial charge in [-0.1, -0.05) is 25.5 Å². The van der Waals surface area contributed by atoms with E-state index in [1.54, 1.807) is 22.0 Å². The summed E-state index contributed by atoms with van der Waals surface area (Å²) in [5.74, 6) is 0.708. The predicted octanol–water partition coefficient (Wildman–Crippen LogP) is 4.84. The van der Waals surface area contributed by atoms with Gasteiger partial charge in [0.05, 0.1) is 16.6 Å². The van der Waals surface area contributed by atoms with Crippen molar-refractivity contribution in [3.63, 3.8) is 0 Å². The maximum Gasteiger partial charge on any atom is 0.262 e. The van der Waals surface area contributed by atoms with Crippen molar-refractivity contribution in [3.8, 4) is 0 Å². The molecule has 1 aromatic carbocycles. The summed E-state index contributed by atoms with van der Waals surface area (Å²) in [6, 6.07) is 7.39. The second-order valence-corrected chi connectivity index (χ2v) is 9.50. The third-order valence-electron chi connectivity index (χ3n) is 5.61. The topological polar surface area (TPSA) is 79.8 Å². The monoisotopic (exact) mass is 442 g/mol. The third kappa shape index (κ3) is 4.70. The fourth-order valence-corrected chi connectivity index (χ4v) is 5.38. The number of hydrogen-bond donors (Lipinski definition) is 2. The lowest BCUT2D eigenvalue weighted by Crippen LogP contribution is -2.22. The number of aryl methyl sites for hydroxylation is 1. The summed E-state index contributed by atoms with van der Waals surface area (Å²) in [6.45, 7) is 2.82. The Balaban J connectivity index is 1.25. The highest BCUT2D eigenvalue weighted by molar-refractivity contribution is 7.71. The Kier molecular flexibility index (Phi) is 6.43. The molecule has 158 valence electrons. The van der Waals surface area contributed by atoms with Gasteiger partial charge in [-0.15, -0.1) is 11.3 Å². The smallest absolute Gasteiger partial charge is 0.262 e. The van der Waals surface area contributed by atoms with E-state index in [1.807, 2.05) is 18.2 Å². The van der Waals surface area contributed by atoms with Crippen LogP contribution in [0.3, 0.4) is 0 Å². The number of unbranched alkanes of at least 4 members (excludes halogenated alkanes) is 2. The van der Waals surface area contributed by atoms with Crippen molar-refractivity contribution in [1.82, 2.24) is 14.5 Å². The second kappa shape index (κ2) is 9.22. The molecule has 3 aromatic rings. The van der Waals surface area contributed by atoms with Crippen LogP contribution >= 0.6 is 23.6 Å². The number of aromatic amines is 1. The van der Waals surface area contributed by atoms with Gasteiger partial charge in [0.15, 0.2) is 9.90 Å². The Morgan fingerprint density at radius 3 is 3.03 bits per heavy atom. The Morgan fingerprint density at radius 2 is 2.17 bits per heavy atom. The molecule has 0 saturated heterocycles. The molecule has 4 rings (SSSR count). The van der Waals surface area contributed by atoms with E-state index in [2.05, 4.69) is 22.2 Å². The van der Waals surface area contributed by atoms with Crippen molar-refractivity contribution in [1.29, 1.82) is 0 Å². The number of carbonyl (C=O) groups is 1. The number of nitrogens with one attached hydrogen (secondary N) is 2. The number of H-pyrrole nitrogens is 1. The highest BCUT2D eigenvalue weighted by Crippen LogP contribution is 2.32. The zero-order valence-electron chi connectivity index (χ0n) is 17.1. The van der Waals surface area contributed by atoms with Gasteiger partial charge in [-0.2, -0.15) is 0 Å². The quantitative estimate of drug-likeness (QED) is 0.405. The molecule has 2 aromatic heterocycles. The Hall–Kier alpha value is -2.32. The minimum atomic E-state index is -0.0610. The number of thiazole rings is 1. The maximum absolute atomic E-state index is 12.6. The number of amides is 1. The van der Waals surface area contributed by atoms with E-state index in [4.69, 9.17) is 12.2 Å². The fraction of sp³-hybridized carbons (Fsp3) is 0.455. The number of fused-ring (bicyclic) bond motifs is 2. The molecule has 0 spiro atoms. The molecule has 0 fully saturated rings. The largest absolute Gasteiger partial charge is 0.332 e. The van der Waals surface area contributed by atoms with E-state index in [0.717, 1.165) is 48.4 Å². The van der Waals surface area contributed by atoms with Gasteiger partial charge in [0.1, 0.15) is 0 Å². The third-order valence-corrected chi connectivity index (χ3v) is 6.97. The van der Waals surface area contributed by atoms with Crippen LogP contribution in [0.1, 0.15) is 49.6 Å². The zero-order valence-corrected chi connectivity index (χ0v) is 18.7. The molecule has 1 amide bonds. The van der Waals surface area contributed by atoms with Crippen LogP contribution in [0.2, 0.25) is 0 Å². The summed E-state index contributed by atoms with van der Waals surface area (Å²) >= 11 is 6.96. The first-order chi connectivity index (χ1) is 14.5. The lowest BCUT2D eigenvalue weighted by molar-refractivity contribution is -0.116. The summed E-state index contributed by atoms with van der Waals surface area (Å²) in [5, 5.41) is 4.33. The molecule has 0 aliphatic heterocycles. The van der Waals surface area contributed by atoms with Gasteiger partial charge < -0.3 is 10.3 Å². The van der Waals surface area contributed by atoms with E-state index in [0.29, 0.717) is 29.0 Å². The number of hydrogen-bond acceptors (Lipinski definition) is 5. The van der Waals surface area contributed by atoms with Gasteiger partial charge in [-0.25, -0.2) is 4.98 Å². The van der Waals surface area contributed by atoms with Gasteiger partial charge in [-0.3, -0.25) is 14.2 Å². The molecule has 30 heavy (non-hydrogen) atoms. The van der Waals surface area contributed by atoms with E-state index in [9.17, 15) is 9.59 Å². The number of aromatic nitrogens is 3. The van der Waals surface area contributed by atoms with Crippen molar-refractivity contribution >= 4 is 45.5 Å². The first-order valence-corrected chi connectivity index (χ1v) is 11.7. The lowest BCUT2D eigenvalue weighted by Gasteiger charge is -2.15. The Morgan fingerprint density at radius 1 is 1.33 bits per heavy atom. The first-order valence-electron chi connectivity index (χ1n) is 10.5. The minimum Gasteiger partial charge on any atom is -0.332 e. The minimum absolute atomic E-state index is 0.00862. The molecule has 0 bridgehead atoms. The summed E-state index contributed by atoms with van der Waals surface area (Å²) in [6.07, 6.45) is 6.14. The van der Waals surface area contributed by atoms with E-state index < -0.39 is 0 Å². The summed E-state index contributed by atoms with van der Waals surface area (Å²) in [7, 11) is 0. The lowest BCUT2D eigenvalue weighted by atomic mass is 9.93. The van der Waals surface area contributed by atoms with Crippen LogP contribution in [0.4, 0.5) is 5.13 Å². The van der Waals surface area contributed by atoms with Crippen molar-refractivity contribution < 1.29 is 4.79 Å². The molecule has 1 aliphatic rings. The average molecular weight is 443 g/mol. The zero-order chi connectivity index (χ0) is 21.1. The standard InChI is InChI=1S/C22H26N4O2S2/c1-14-10-11-17-18(13-14)30-21(23-17)25-19(27)9-3-2-6-12-26-20(28)15-7-4-5-8-16(15)24-22(26)29/h4-5,7-8,14H,2-3,6,9-13H2,1H3,(H,24,29)(H,23,25,27). The van der Waals surface area contributed by atoms with Crippen LogP contribution in [-0.4, -0.2) is 20.4 Å². The number of anilines is 1. The molecule has 1 atom stereocenters. The molecule has 0 saturated carbocycles.